The van der Waals surface area contributed by atoms with Gasteiger partial charge in [-0.3, -0.25) is 0 Å². The fourth-order valence-electron chi connectivity index (χ4n) is 2.11. The van der Waals surface area contributed by atoms with E-state index in [1.807, 2.05) is 30.3 Å². The highest BCUT2D eigenvalue weighted by molar-refractivity contribution is 9.08. The molecule has 0 saturated carbocycles. The average Bonchev–Trinajstić information content (AvgIpc) is 2.46. The highest BCUT2D eigenvalue weighted by Crippen LogP contribution is 2.26. The quantitative estimate of drug-likeness (QED) is 0.231. The van der Waals surface area contributed by atoms with E-state index in [2.05, 4.69) is 46.3 Å². The fraction of sp³-hybridized carbons (Fsp3) is 0.0625. The number of rotatable bonds is 2. The van der Waals surface area contributed by atoms with E-state index in [1.165, 1.54) is 10.9 Å². The molecule has 0 saturated heterocycles. The molecule has 0 amide bonds. The number of hydrogen-bond donors (Lipinski definition) is 0. The number of benzene rings is 2. The maximum Gasteiger partial charge on any atom is 0.0750 e. The molecule has 3 aromatic rings. The van der Waals surface area contributed by atoms with Crippen LogP contribution in [-0.2, 0) is 5.33 Å². The van der Waals surface area contributed by atoms with Gasteiger partial charge in [-0.1, -0.05) is 64.5 Å². The summed E-state index contributed by atoms with van der Waals surface area (Å²) in [5.74, 6) is 0. The number of pyridine rings is 1. The molecule has 0 fully saturated rings. The van der Waals surface area contributed by atoms with Gasteiger partial charge < -0.3 is 0 Å². The summed E-state index contributed by atoms with van der Waals surface area (Å²) in [6.45, 7) is 0. The third-order valence-corrected chi connectivity index (χ3v) is 3.60. The summed E-state index contributed by atoms with van der Waals surface area (Å²) in [5.41, 5.74) is 4.49. The van der Waals surface area contributed by atoms with Gasteiger partial charge in [-0.15, -0.1) is 50.9 Å². The Labute approximate surface area is 174 Å². The van der Waals surface area contributed by atoms with Crippen LogP contribution in [0.3, 0.4) is 0 Å². The van der Waals surface area contributed by atoms with E-state index in [1.54, 1.807) is 0 Å². The minimum absolute atomic E-state index is 0. The molecule has 1 heterocycles. The molecular weight excluding hydrogens is 557 g/mol. The summed E-state index contributed by atoms with van der Waals surface area (Å²) in [5, 5.41) is 2.00. The normalized spacial score (nSPS) is 8.77. The van der Waals surface area contributed by atoms with Crippen LogP contribution in [0.25, 0.3) is 22.2 Å². The molecule has 0 atom stereocenters. The largest absolute Gasteiger partial charge is 0.247 e. The molecule has 0 aliphatic heterocycles. The Balaban J connectivity index is 0. The van der Waals surface area contributed by atoms with Crippen LogP contribution in [0.1, 0.15) is 5.56 Å². The number of hydrogen-bond acceptors (Lipinski definition) is 1. The van der Waals surface area contributed by atoms with Crippen LogP contribution < -0.4 is 0 Å². The summed E-state index contributed by atoms with van der Waals surface area (Å²) in [4.78, 5) is 4.79. The van der Waals surface area contributed by atoms with Crippen molar-refractivity contribution in [3.8, 4) is 11.3 Å². The van der Waals surface area contributed by atoms with E-state index in [9.17, 15) is 0 Å². The SMILES string of the molecule is Br.Br.Br.BrCc1cc2ccccc2nc1-c1ccccc1.[P]. The number of halogens is 4. The maximum absolute atomic E-state index is 4.79. The van der Waals surface area contributed by atoms with Crippen molar-refractivity contribution >= 4 is 87.7 Å². The zero-order valence-electron chi connectivity index (χ0n) is 11.5. The van der Waals surface area contributed by atoms with Crippen LogP contribution in [0.15, 0.2) is 60.7 Å². The van der Waals surface area contributed by atoms with Gasteiger partial charge in [0.05, 0.1) is 11.2 Å². The molecule has 3 radical (unpaired) electrons. The van der Waals surface area contributed by atoms with Crippen molar-refractivity contribution in [3.63, 3.8) is 0 Å². The van der Waals surface area contributed by atoms with Gasteiger partial charge >= 0.3 is 0 Å². The second-order valence-electron chi connectivity index (χ2n) is 4.19. The van der Waals surface area contributed by atoms with E-state index in [4.69, 9.17) is 4.98 Å². The Kier molecular flexibility index (Phi) is 13.0. The summed E-state index contributed by atoms with van der Waals surface area (Å²) >= 11 is 3.55. The lowest BCUT2D eigenvalue weighted by molar-refractivity contribution is 1.32. The minimum Gasteiger partial charge on any atom is -0.247 e. The molecule has 0 aliphatic carbocycles. The third-order valence-electron chi connectivity index (χ3n) is 2.99. The molecule has 22 heavy (non-hydrogen) atoms. The molecule has 0 N–H and O–H groups in total. The van der Waals surface area contributed by atoms with E-state index in [-0.39, 0.29) is 60.8 Å². The van der Waals surface area contributed by atoms with Crippen LogP contribution in [0.4, 0.5) is 0 Å². The predicted octanol–water partition coefficient (Wildman–Crippen LogP) is 7.39. The predicted molar refractivity (Wildman–Crippen MR) is 118 cm³/mol. The lowest BCUT2D eigenvalue weighted by Crippen LogP contribution is -1.92. The zero-order chi connectivity index (χ0) is 12.4. The van der Waals surface area contributed by atoms with Crippen LogP contribution in [0.5, 0.6) is 0 Å². The Morgan fingerprint density at radius 3 is 2.05 bits per heavy atom. The van der Waals surface area contributed by atoms with Gasteiger partial charge in [0.2, 0.25) is 0 Å². The van der Waals surface area contributed by atoms with E-state index in [0.29, 0.717) is 0 Å². The number of alkyl halides is 1. The summed E-state index contributed by atoms with van der Waals surface area (Å²) in [6.07, 6.45) is 0. The standard InChI is InChI=1S/C16H12BrN.3BrH.P/c17-11-14-10-13-8-4-5-9-15(13)18-16(14)12-6-2-1-3-7-12;;;;/h1-10H,11H2;3*1H;. The second-order valence-corrected chi connectivity index (χ2v) is 4.75. The molecule has 0 unspecified atom stereocenters. The Morgan fingerprint density at radius 1 is 0.818 bits per heavy atom. The van der Waals surface area contributed by atoms with E-state index < -0.39 is 0 Å². The second kappa shape index (κ2) is 11.7. The van der Waals surface area contributed by atoms with Crippen LogP contribution >= 0.6 is 76.8 Å². The molecule has 6 heteroatoms. The first-order chi connectivity index (χ1) is 8.88. The zero-order valence-corrected chi connectivity index (χ0v) is 19.1. The highest BCUT2D eigenvalue weighted by Gasteiger charge is 2.07. The Bertz CT molecular complexity index is 692. The van der Waals surface area contributed by atoms with Gasteiger partial charge in [-0.2, -0.15) is 0 Å². The van der Waals surface area contributed by atoms with Crippen molar-refractivity contribution in [2.45, 2.75) is 5.33 Å². The fourth-order valence-corrected chi connectivity index (χ4v) is 2.53. The highest BCUT2D eigenvalue weighted by atomic mass is 79.9. The lowest BCUT2D eigenvalue weighted by Gasteiger charge is -2.08. The van der Waals surface area contributed by atoms with Crippen molar-refractivity contribution in [3.05, 3.63) is 66.2 Å². The lowest BCUT2D eigenvalue weighted by atomic mass is 10.0. The summed E-state index contributed by atoms with van der Waals surface area (Å²) in [6, 6.07) is 20.8. The first-order valence-corrected chi connectivity index (χ1v) is 7.00. The third kappa shape index (κ3) is 5.38. The summed E-state index contributed by atoms with van der Waals surface area (Å²) < 4.78 is 0. The monoisotopic (exact) mass is 568 g/mol. The van der Waals surface area contributed by atoms with Gasteiger partial charge in [0, 0.05) is 26.2 Å². The molecule has 0 aliphatic rings. The van der Waals surface area contributed by atoms with Crippen molar-refractivity contribution in [2.24, 2.45) is 0 Å². The molecule has 2 aromatic carbocycles. The van der Waals surface area contributed by atoms with E-state index >= 15 is 0 Å². The minimum atomic E-state index is 0. The van der Waals surface area contributed by atoms with Crippen LogP contribution in [0.2, 0.25) is 0 Å². The smallest absolute Gasteiger partial charge is 0.0750 e. The van der Waals surface area contributed by atoms with Crippen LogP contribution in [0, 0.1) is 0 Å². The number of fused-ring (bicyclic) bond motifs is 1. The first-order valence-electron chi connectivity index (χ1n) is 5.88. The first kappa shape index (κ1) is 24.5. The summed E-state index contributed by atoms with van der Waals surface area (Å²) in [7, 11) is 0. The van der Waals surface area contributed by atoms with Crippen molar-refractivity contribution in [1.29, 1.82) is 0 Å². The molecule has 0 spiro atoms. The Morgan fingerprint density at radius 2 is 1.41 bits per heavy atom. The van der Waals surface area contributed by atoms with Gasteiger partial charge in [-0.05, 0) is 17.7 Å². The Hall–Kier alpha value is 0.200. The van der Waals surface area contributed by atoms with Gasteiger partial charge in [0.1, 0.15) is 0 Å². The van der Waals surface area contributed by atoms with E-state index in [0.717, 1.165) is 22.1 Å². The number of para-hydroxylation sites is 1. The average molecular weight is 572 g/mol. The number of aromatic nitrogens is 1. The molecule has 3 rings (SSSR count). The topological polar surface area (TPSA) is 12.9 Å². The van der Waals surface area contributed by atoms with Gasteiger partial charge in [0.25, 0.3) is 0 Å². The van der Waals surface area contributed by atoms with Crippen molar-refractivity contribution in [1.82, 2.24) is 4.98 Å². The molecule has 0 bridgehead atoms. The maximum atomic E-state index is 4.79. The molecule has 117 valence electrons. The van der Waals surface area contributed by atoms with Gasteiger partial charge in [0.15, 0.2) is 0 Å². The van der Waals surface area contributed by atoms with Crippen LogP contribution in [-0.4, -0.2) is 4.98 Å². The van der Waals surface area contributed by atoms with Crippen molar-refractivity contribution in [2.75, 3.05) is 0 Å². The molecule has 1 nitrogen and oxygen atoms in total. The van der Waals surface area contributed by atoms with Crippen molar-refractivity contribution < 1.29 is 0 Å². The number of nitrogens with zero attached hydrogens (tertiary/aromatic N) is 1. The molecule has 1 aromatic heterocycles. The van der Waals surface area contributed by atoms with Gasteiger partial charge in [-0.25, -0.2) is 4.98 Å². The molecular formula is C16H15Br4NP.